The topological polar surface area (TPSA) is 87.7 Å². The first-order chi connectivity index (χ1) is 9.95. The Hall–Kier alpha value is -1.14. The molecule has 21 heavy (non-hydrogen) atoms. The van der Waals surface area contributed by atoms with E-state index in [9.17, 15) is 9.59 Å². The average molecular weight is 300 g/mol. The summed E-state index contributed by atoms with van der Waals surface area (Å²) in [5, 5.41) is 14.7. The molecular weight excluding hydrogens is 272 g/mol. The zero-order chi connectivity index (χ0) is 15.7. The first-order valence-electron chi connectivity index (χ1n) is 7.78. The Kier molecular flexibility index (Phi) is 7.67. The number of amides is 1. The molecule has 1 aliphatic heterocycles. The van der Waals surface area contributed by atoms with Gasteiger partial charge in [-0.1, -0.05) is 19.8 Å². The van der Waals surface area contributed by atoms with E-state index in [1.807, 2.05) is 6.92 Å². The molecule has 0 saturated carbocycles. The molecule has 6 heteroatoms. The first kappa shape index (κ1) is 17.9. The van der Waals surface area contributed by atoms with Gasteiger partial charge in [0, 0.05) is 26.1 Å². The summed E-state index contributed by atoms with van der Waals surface area (Å²) < 4.78 is 5.56. The molecule has 1 rings (SSSR count). The van der Waals surface area contributed by atoms with E-state index in [-0.39, 0.29) is 24.5 Å². The SMILES string of the molecule is CCCC(CCNC(=O)COC1(C)CNC1)CCC(=O)O. The molecule has 1 unspecified atom stereocenters. The van der Waals surface area contributed by atoms with E-state index in [1.165, 1.54) is 0 Å². The van der Waals surface area contributed by atoms with Crippen molar-refractivity contribution in [3.05, 3.63) is 0 Å². The van der Waals surface area contributed by atoms with Gasteiger partial charge >= 0.3 is 5.97 Å². The van der Waals surface area contributed by atoms with Crippen molar-refractivity contribution < 1.29 is 19.4 Å². The van der Waals surface area contributed by atoms with Crippen LogP contribution >= 0.6 is 0 Å². The monoisotopic (exact) mass is 300 g/mol. The summed E-state index contributed by atoms with van der Waals surface area (Å²) >= 11 is 0. The molecule has 3 N–H and O–H groups in total. The first-order valence-corrected chi connectivity index (χ1v) is 7.78. The zero-order valence-corrected chi connectivity index (χ0v) is 13.1. The van der Waals surface area contributed by atoms with Crippen LogP contribution < -0.4 is 10.6 Å². The number of aliphatic carboxylic acids is 1. The second-order valence-electron chi connectivity index (χ2n) is 6.07. The highest BCUT2D eigenvalue weighted by molar-refractivity contribution is 5.77. The van der Waals surface area contributed by atoms with E-state index < -0.39 is 5.97 Å². The molecule has 0 bridgehead atoms. The van der Waals surface area contributed by atoms with Crippen LogP contribution in [0.25, 0.3) is 0 Å². The Morgan fingerprint density at radius 2 is 2.05 bits per heavy atom. The normalized spacial score (nSPS) is 17.8. The summed E-state index contributed by atoms with van der Waals surface area (Å²) in [5.74, 6) is -0.492. The third kappa shape index (κ3) is 7.43. The number of hydrogen-bond donors (Lipinski definition) is 3. The van der Waals surface area contributed by atoms with Crippen LogP contribution in [0, 0.1) is 5.92 Å². The van der Waals surface area contributed by atoms with Gasteiger partial charge in [0.2, 0.25) is 5.91 Å². The lowest BCUT2D eigenvalue weighted by atomic mass is 9.94. The highest BCUT2D eigenvalue weighted by Crippen LogP contribution is 2.17. The Labute approximate surface area is 126 Å². The lowest BCUT2D eigenvalue weighted by molar-refractivity contribution is -0.137. The van der Waals surface area contributed by atoms with Crippen LogP contribution in [0.5, 0.6) is 0 Å². The zero-order valence-electron chi connectivity index (χ0n) is 13.1. The Bertz CT molecular complexity index is 343. The second kappa shape index (κ2) is 9.00. The quantitative estimate of drug-likeness (QED) is 0.533. The Morgan fingerprint density at radius 3 is 2.57 bits per heavy atom. The fourth-order valence-electron chi connectivity index (χ4n) is 2.45. The van der Waals surface area contributed by atoms with E-state index >= 15 is 0 Å². The van der Waals surface area contributed by atoms with Crippen LogP contribution in [0.1, 0.15) is 46.0 Å². The number of carboxylic acids is 1. The molecule has 0 aliphatic carbocycles. The summed E-state index contributed by atoms with van der Waals surface area (Å²) in [6.45, 7) is 6.32. The molecule has 0 spiro atoms. The van der Waals surface area contributed by atoms with Crippen molar-refractivity contribution in [1.82, 2.24) is 10.6 Å². The van der Waals surface area contributed by atoms with Gasteiger partial charge in [-0.2, -0.15) is 0 Å². The maximum absolute atomic E-state index is 11.7. The number of carbonyl (C=O) groups is 2. The van der Waals surface area contributed by atoms with E-state index in [0.29, 0.717) is 18.9 Å². The predicted molar refractivity (Wildman–Crippen MR) is 80.1 cm³/mol. The Morgan fingerprint density at radius 1 is 1.33 bits per heavy atom. The van der Waals surface area contributed by atoms with E-state index in [2.05, 4.69) is 17.6 Å². The van der Waals surface area contributed by atoms with E-state index in [4.69, 9.17) is 9.84 Å². The van der Waals surface area contributed by atoms with Crippen LogP contribution in [0.15, 0.2) is 0 Å². The molecule has 1 saturated heterocycles. The minimum atomic E-state index is -0.754. The molecule has 0 aromatic rings. The molecule has 1 amide bonds. The molecule has 1 aliphatic rings. The van der Waals surface area contributed by atoms with Crippen LogP contribution in [-0.4, -0.2) is 48.8 Å². The van der Waals surface area contributed by atoms with Crippen molar-refractivity contribution in [1.29, 1.82) is 0 Å². The third-order valence-corrected chi connectivity index (χ3v) is 3.89. The van der Waals surface area contributed by atoms with Gasteiger partial charge in [0.1, 0.15) is 6.61 Å². The summed E-state index contributed by atoms with van der Waals surface area (Å²) in [6, 6.07) is 0. The van der Waals surface area contributed by atoms with Gasteiger partial charge in [-0.15, -0.1) is 0 Å². The maximum Gasteiger partial charge on any atom is 0.303 e. The minimum Gasteiger partial charge on any atom is -0.481 e. The molecule has 122 valence electrons. The van der Waals surface area contributed by atoms with Gasteiger partial charge in [-0.05, 0) is 25.7 Å². The molecule has 1 heterocycles. The molecule has 0 radical (unpaired) electrons. The smallest absolute Gasteiger partial charge is 0.303 e. The number of hydrogen-bond acceptors (Lipinski definition) is 4. The number of carboxylic acid groups (broad SMARTS) is 1. The molecule has 6 nitrogen and oxygen atoms in total. The lowest BCUT2D eigenvalue weighted by Crippen LogP contribution is -2.59. The highest BCUT2D eigenvalue weighted by atomic mass is 16.5. The Balaban J connectivity index is 2.13. The molecule has 1 atom stereocenters. The van der Waals surface area contributed by atoms with E-state index in [1.54, 1.807) is 0 Å². The summed E-state index contributed by atoms with van der Waals surface area (Å²) in [6.07, 6.45) is 3.74. The van der Waals surface area contributed by atoms with Crippen molar-refractivity contribution in [3.8, 4) is 0 Å². The second-order valence-corrected chi connectivity index (χ2v) is 6.07. The van der Waals surface area contributed by atoms with Crippen molar-refractivity contribution in [2.75, 3.05) is 26.2 Å². The van der Waals surface area contributed by atoms with Gasteiger partial charge in [-0.25, -0.2) is 0 Å². The van der Waals surface area contributed by atoms with E-state index in [0.717, 1.165) is 32.4 Å². The molecule has 0 aromatic heterocycles. The van der Waals surface area contributed by atoms with Crippen LogP contribution in [0.2, 0.25) is 0 Å². The van der Waals surface area contributed by atoms with Crippen LogP contribution in [0.4, 0.5) is 0 Å². The summed E-state index contributed by atoms with van der Waals surface area (Å²) in [7, 11) is 0. The van der Waals surface area contributed by atoms with Gasteiger partial charge in [-0.3, -0.25) is 9.59 Å². The van der Waals surface area contributed by atoms with Crippen molar-refractivity contribution >= 4 is 11.9 Å². The molecular formula is C15H28N2O4. The van der Waals surface area contributed by atoms with Gasteiger partial charge in [0.25, 0.3) is 0 Å². The fourth-order valence-corrected chi connectivity index (χ4v) is 2.45. The number of rotatable bonds is 11. The molecule has 0 aromatic carbocycles. The fraction of sp³-hybridized carbons (Fsp3) is 0.867. The highest BCUT2D eigenvalue weighted by Gasteiger charge is 2.32. The summed E-state index contributed by atoms with van der Waals surface area (Å²) in [4.78, 5) is 22.3. The number of carbonyl (C=O) groups excluding carboxylic acids is 1. The van der Waals surface area contributed by atoms with Crippen LogP contribution in [0.3, 0.4) is 0 Å². The predicted octanol–water partition coefficient (Wildman–Crippen LogP) is 1.15. The van der Waals surface area contributed by atoms with Gasteiger partial charge < -0.3 is 20.5 Å². The summed E-state index contributed by atoms with van der Waals surface area (Å²) in [5.41, 5.74) is -0.205. The minimum absolute atomic E-state index is 0.0890. The van der Waals surface area contributed by atoms with Crippen molar-refractivity contribution in [2.24, 2.45) is 5.92 Å². The van der Waals surface area contributed by atoms with Crippen molar-refractivity contribution in [2.45, 2.75) is 51.6 Å². The largest absolute Gasteiger partial charge is 0.481 e. The van der Waals surface area contributed by atoms with Gasteiger partial charge in [0.05, 0.1) is 5.60 Å². The standard InChI is InChI=1S/C15H28N2O4/c1-3-4-12(5-6-14(19)20)7-8-17-13(18)9-21-15(2)10-16-11-15/h12,16H,3-11H2,1-2H3,(H,17,18)(H,19,20). The van der Waals surface area contributed by atoms with Crippen molar-refractivity contribution in [3.63, 3.8) is 0 Å². The number of nitrogens with one attached hydrogen (secondary N) is 2. The third-order valence-electron chi connectivity index (χ3n) is 3.89. The maximum atomic E-state index is 11.7. The lowest BCUT2D eigenvalue weighted by Gasteiger charge is -2.38. The van der Waals surface area contributed by atoms with Crippen LogP contribution in [-0.2, 0) is 14.3 Å². The number of ether oxygens (including phenoxy) is 1. The average Bonchev–Trinajstić information content (AvgIpc) is 2.40. The van der Waals surface area contributed by atoms with Gasteiger partial charge in [0.15, 0.2) is 0 Å². The molecule has 1 fully saturated rings.